The molecule has 0 aliphatic heterocycles. The Morgan fingerprint density at radius 1 is 1.40 bits per heavy atom. The third-order valence-corrected chi connectivity index (χ3v) is 2.67. The number of hydrogen-bond donors (Lipinski definition) is 1. The van der Waals surface area contributed by atoms with Crippen molar-refractivity contribution in [2.24, 2.45) is 5.73 Å². The van der Waals surface area contributed by atoms with Gasteiger partial charge >= 0.3 is 0 Å². The molecule has 15 heavy (non-hydrogen) atoms. The zero-order chi connectivity index (χ0) is 11.1. The van der Waals surface area contributed by atoms with Gasteiger partial charge in [0.05, 0.1) is 12.7 Å². The van der Waals surface area contributed by atoms with Crippen molar-refractivity contribution < 1.29 is 4.74 Å². The third-order valence-electron chi connectivity index (χ3n) is 2.31. The number of nitrogens with two attached hydrogens (primary N) is 1. The molecule has 0 saturated heterocycles. The monoisotopic (exact) mass is 227 g/mol. The Hall–Kier alpha value is -0.570. The fourth-order valence-electron chi connectivity index (χ4n) is 1.41. The molecule has 1 rings (SSSR count). The minimum atomic E-state index is 0.145. The van der Waals surface area contributed by atoms with E-state index < -0.39 is 0 Å². The SMILES string of the molecule is CCCC(CN)OCc1ccccc1Cl. The minimum Gasteiger partial charge on any atom is -0.372 e. The van der Waals surface area contributed by atoms with E-state index in [1.807, 2.05) is 24.3 Å². The van der Waals surface area contributed by atoms with Crippen LogP contribution in [0.3, 0.4) is 0 Å². The summed E-state index contributed by atoms with van der Waals surface area (Å²) >= 11 is 6.02. The highest BCUT2D eigenvalue weighted by atomic mass is 35.5. The molecule has 0 saturated carbocycles. The van der Waals surface area contributed by atoms with Crippen LogP contribution in [0.5, 0.6) is 0 Å². The summed E-state index contributed by atoms with van der Waals surface area (Å²) in [6.07, 6.45) is 2.23. The van der Waals surface area contributed by atoms with E-state index in [9.17, 15) is 0 Å². The topological polar surface area (TPSA) is 35.2 Å². The van der Waals surface area contributed by atoms with Crippen LogP contribution in [0.25, 0.3) is 0 Å². The molecule has 0 heterocycles. The van der Waals surface area contributed by atoms with Crippen LogP contribution in [-0.2, 0) is 11.3 Å². The first-order valence-electron chi connectivity index (χ1n) is 5.33. The molecular formula is C12H18ClNO. The van der Waals surface area contributed by atoms with Crippen LogP contribution in [0.15, 0.2) is 24.3 Å². The van der Waals surface area contributed by atoms with Gasteiger partial charge in [-0.25, -0.2) is 0 Å². The molecule has 0 amide bonds. The maximum Gasteiger partial charge on any atom is 0.0735 e. The van der Waals surface area contributed by atoms with E-state index in [1.54, 1.807) is 0 Å². The fourth-order valence-corrected chi connectivity index (χ4v) is 1.60. The van der Waals surface area contributed by atoms with Gasteiger partial charge in [0.2, 0.25) is 0 Å². The first-order valence-corrected chi connectivity index (χ1v) is 5.70. The van der Waals surface area contributed by atoms with Crippen molar-refractivity contribution in [2.45, 2.75) is 32.5 Å². The zero-order valence-electron chi connectivity index (χ0n) is 9.08. The second-order valence-electron chi connectivity index (χ2n) is 3.55. The standard InChI is InChI=1S/C12H18ClNO/c1-2-5-11(8-14)15-9-10-6-3-4-7-12(10)13/h3-4,6-7,11H,2,5,8-9,14H2,1H3. The molecule has 0 radical (unpaired) electrons. The predicted molar refractivity (Wildman–Crippen MR) is 64.0 cm³/mol. The van der Waals surface area contributed by atoms with Gasteiger partial charge in [-0.15, -0.1) is 0 Å². The van der Waals surface area contributed by atoms with Crippen molar-refractivity contribution in [2.75, 3.05) is 6.54 Å². The first-order chi connectivity index (χ1) is 7.27. The van der Waals surface area contributed by atoms with Gasteiger partial charge in [-0.2, -0.15) is 0 Å². The molecule has 1 unspecified atom stereocenters. The highest BCUT2D eigenvalue weighted by Crippen LogP contribution is 2.16. The van der Waals surface area contributed by atoms with Gasteiger partial charge in [-0.05, 0) is 18.1 Å². The van der Waals surface area contributed by atoms with Crippen LogP contribution in [-0.4, -0.2) is 12.6 Å². The normalized spacial score (nSPS) is 12.7. The molecule has 0 fully saturated rings. The third kappa shape index (κ3) is 4.20. The molecule has 0 spiro atoms. The van der Waals surface area contributed by atoms with Crippen LogP contribution >= 0.6 is 11.6 Å². The van der Waals surface area contributed by atoms with Crippen molar-refractivity contribution >= 4 is 11.6 Å². The molecular weight excluding hydrogens is 210 g/mol. The molecule has 0 aliphatic rings. The van der Waals surface area contributed by atoms with Gasteiger partial charge < -0.3 is 10.5 Å². The van der Waals surface area contributed by atoms with Crippen molar-refractivity contribution in [3.8, 4) is 0 Å². The summed E-state index contributed by atoms with van der Waals surface area (Å²) in [6, 6.07) is 7.72. The Labute approximate surface area is 96.4 Å². The van der Waals surface area contributed by atoms with Gasteiger partial charge in [0.25, 0.3) is 0 Å². The Morgan fingerprint density at radius 2 is 2.13 bits per heavy atom. The molecule has 84 valence electrons. The van der Waals surface area contributed by atoms with Crippen LogP contribution in [0.4, 0.5) is 0 Å². The average Bonchev–Trinajstić information content (AvgIpc) is 2.26. The maximum atomic E-state index is 6.02. The van der Waals surface area contributed by atoms with E-state index in [1.165, 1.54) is 0 Å². The van der Waals surface area contributed by atoms with Crippen LogP contribution in [0, 0.1) is 0 Å². The quantitative estimate of drug-likeness (QED) is 0.811. The molecule has 1 aromatic carbocycles. The smallest absolute Gasteiger partial charge is 0.0735 e. The van der Waals surface area contributed by atoms with Crippen LogP contribution in [0.2, 0.25) is 5.02 Å². The summed E-state index contributed by atoms with van der Waals surface area (Å²) in [4.78, 5) is 0. The van der Waals surface area contributed by atoms with Gasteiger partial charge in [0.1, 0.15) is 0 Å². The largest absolute Gasteiger partial charge is 0.372 e. The van der Waals surface area contributed by atoms with E-state index >= 15 is 0 Å². The highest BCUT2D eigenvalue weighted by molar-refractivity contribution is 6.31. The van der Waals surface area contributed by atoms with E-state index in [0.717, 1.165) is 23.4 Å². The molecule has 1 atom stereocenters. The Balaban J connectivity index is 2.45. The predicted octanol–water partition coefficient (Wildman–Crippen LogP) is 2.98. The van der Waals surface area contributed by atoms with Gasteiger partial charge in [0, 0.05) is 11.6 Å². The second-order valence-corrected chi connectivity index (χ2v) is 3.96. The Bertz CT molecular complexity index is 291. The van der Waals surface area contributed by atoms with Crippen molar-refractivity contribution in [1.82, 2.24) is 0 Å². The summed E-state index contributed by atoms with van der Waals surface area (Å²) in [5, 5.41) is 0.754. The lowest BCUT2D eigenvalue weighted by atomic mass is 10.2. The molecule has 2 N–H and O–H groups in total. The van der Waals surface area contributed by atoms with Crippen molar-refractivity contribution in [3.05, 3.63) is 34.9 Å². The number of rotatable bonds is 6. The highest BCUT2D eigenvalue weighted by Gasteiger charge is 2.06. The van der Waals surface area contributed by atoms with Crippen molar-refractivity contribution in [1.29, 1.82) is 0 Å². The molecule has 1 aromatic rings. The number of hydrogen-bond acceptors (Lipinski definition) is 2. The van der Waals surface area contributed by atoms with Crippen molar-refractivity contribution in [3.63, 3.8) is 0 Å². The van der Waals surface area contributed by atoms with E-state index in [2.05, 4.69) is 6.92 Å². The molecule has 3 heteroatoms. The average molecular weight is 228 g/mol. The fraction of sp³-hybridized carbons (Fsp3) is 0.500. The lowest BCUT2D eigenvalue weighted by Gasteiger charge is -2.15. The number of benzene rings is 1. The number of halogens is 1. The summed E-state index contributed by atoms with van der Waals surface area (Å²) in [5.74, 6) is 0. The van der Waals surface area contributed by atoms with Gasteiger partial charge in [0.15, 0.2) is 0 Å². The van der Waals surface area contributed by atoms with Gasteiger partial charge in [-0.1, -0.05) is 43.1 Å². The lowest BCUT2D eigenvalue weighted by molar-refractivity contribution is 0.0405. The molecule has 0 bridgehead atoms. The lowest BCUT2D eigenvalue weighted by Crippen LogP contribution is -2.23. The second kappa shape index (κ2) is 6.83. The van der Waals surface area contributed by atoms with Crippen LogP contribution < -0.4 is 5.73 Å². The summed E-state index contributed by atoms with van der Waals surface area (Å²) in [6.45, 7) is 3.24. The zero-order valence-corrected chi connectivity index (χ0v) is 9.83. The molecule has 2 nitrogen and oxygen atoms in total. The molecule has 0 aromatic heterocycles. The summed E-state index contributed by atoms with van der Waals surface area (Å²) in [7, 11) is 0. The maximum absolute atomic E-state index is 6.02. The van der Waals surface area contributed by atoms with Gasteiger partial charge in [-0.3, -0.25) is 0 Å². The van der Waals surface area contributed by atoms with E-state index in [4.69, 9.17) is 22.1 Å². The summed E-state index contributed by atoms with van der Waals surface area (Å²) in [5.41, 5.74) is 6.63. The minimum absolute atomic E-state index is 0.145. The molecule has 0 aliphatic carbocycles. The Kier molecular flexibility index (Phi) is 5.69. The number of ether oxygens (including phenoxy) is 1. The van der Waals surface area contributed by atoms with E-state index in [-0.39, 0.29) is 6.10 Å². The van der Waals surface area contributed by atoms with E-state index in [0.29, 0.717) is 13.2 Å². The summed E-state index contributed by atoms with van der Waals surface area (Å²) < 4.78 is 5.69. The Morgan fingerprint density at radius 3 is 2.73 bits per heavy atom. The van der Waals surface area contributed by atoms with Crippen LogP contribution in [0.1, 0.15) is 25.3 Å². The first kappa shape index (κ1) is 12.5.